The van der Waals surface area contributed by atoms with Gasteiger partial charge in [0.1, 0.15) is 5.75 Å². The van der Waals surface area contributed by atoms with Crippen molar-refractivity contribution in [1.82, 2.24) is 0 Å². The molecule has 0 saturated carbocycles. The minimum atomic E-state index is -0.379. The average Bonchev–Trinajstić information content (AvgIpc) is 2.39. The smallest absolute Gasteiger partial charge is 0.323 e. The number of anilines is 2. The highest BCUT2D eigenvalue weighted by Gasteiger charge is 2.05. The van der Waals surface area contributed by atoms with Crippen LogP contribution in [0.25, 0.3) is 0 Å². The predicted octanol–water partition coefficient (Wildman–Crippen LogP) is 5.42. The molecule has 0 spiro atoms. The molecule has 2 N–H and O–H groups in total. The molecule has 0 aromatic heterocycles. The van der Waals surface area contributed by atoms with Crippen molar-refractivity contribution in [2.45, 2.75) is 20.0 Å². The van der Waals surface area contributed by atoms with Gasteiger partial charge in [-0.15, -0.1) is 0 Å². The lowest BCUT2D eigenvalue weighted by molar-refractivity contribution is 0.242. The standard InChI is InChI=1S/C16H16Cl2N2O2/c1-10(2)22-15-5-3-13(4-6-15)19-16(21)20-14-8-11(17)7-12(18)9-14/h3-10H,1-2H3,(H2,19,20,21). The Morgan fingerprint density at radius 1 is 0.955 bits per heavy atom. The number of ether oxygens (including phenoxy) is 1. The first-order valence-electron chi connectivity index (χ1n) is 6.73. The quantitative estimate of drug-likeness (QED) is 0.781. The van der Waals surface area contributed by atoms with Crippen molar-refractivity contribution >= 4 is 40.6 Å². The normalized spacial score (nSPS) is 10.4. The summed E-state index contributed by atoms with van der Waals surface area (Å²) in [7, 11) is 0. The van der Waals surface area contributed by atoms with Crippen molar-refractivity contribution in [3.63, 3.8) is 0 Å². The number of urea groups is 1. The van der Waals surface area contributed by atoms with Crippen LogP contribution >= 0.6 is 23.2 Å². The van der Waals surface area contributed by atoms with Gasteiger partial charge in [0.15, 0.2) is 0 Å². The molecule has 0 saturated heterocycles. The van der Waals surface area contributed by atoms with Gasteiger partial charge in [-0.1, -0.05) is 23.2 Å². The van der Waals surface area contributed by atoms with Crippen LogP contribution in [0.4, 0.5) is 16.2 Å². The Bertz CT molecular complexity index is 637. The third kappa shape index (κ3) is 5.13. The Labute approximate surface area is 139 Å². The second-order valence-corrected chi connectivity index (χ2v) is 5.80. The summed E-state index contributed by atoms with van der Waals surface area (Å²) in [6.07, 6.45) is 0.106. The Morgan fingerprint density at radius 3 is 2.05 bits per heavy atom. The van der Waals surface area contributed by atoms with E-state index < -0.39 is 0 Å². The summed E-state index contributed by atoms with van der Waals surface area (Å²) in [5.74, 6) is 0.752. The van der Waals surface area contributed by atoms with Crippen molar-refractivity contribution < 1.29 is 9.53 Å². The molecule has 0 heterocycles. The maximum Gasteiger partial charge on any atom is 0.323 e. The maximum atomic E-state index is 11.9. The van der Waals surface area contributed by atoms with Crippen LogP contribution in [0.5, 0.6) is 5.75 Å². The average molecular weight is 339 g/mol. The Kier molecular flexibility index (Phi) is 5.52. The molecule has 0 bridgehead atoms. The van der Waals surface area contributed by atoms with Crippen LogP contribution in [-0.4, -0.2) is 12.1 Å². The van der Waals surface area contributed by atoms with Gasteiger partial charge in [-0.25, -0.2) is 4.79 Å². The number of carbonyl (C=O) groups excluding carboxylic acids is 1. The van der Waals surface area contributed by atoms with Crippen LogP contribution in [0, 0.1) is 0 Å². The van der Waals surface area contributed by atoms with E-state index in [0.717, 1.165) is 5.75 Å². The zero-order chi connectivity index (χ0) is 16.1. The summed E-state index contributed by atoms with van der Waals surface area (Å²) in [6, 6.07) is 11.6. The highest BCUT2D eigenvalue weighted by molar-refractivity contribution is 6.35. The Hall–Kier alpha value is -1.91. The third-order valence-corrected chi connectivity index (χ3v) is 3.04. The van der Waals surface area contributed by atoms with Crippen molar-refractivity contribution in [3.8, 4) is 5.75 Å². The summed E-state index contributed by atoms with van der Waals surface area (Å²) in [4.78, 5) is 11.9. The van der Waals surface area contributed by atoms with Gasteiger partial charge in [-0.2, -0.15) is 0 Å². The minimum absolute atomic E-state index is 0.106. The number of halogens is 2. The molecule has 0 fully saturated rings. The fourth-order valence-electron chi connectivity index (χ4n) is 1.81. The number of carbonyl (C=O) groups is 1. The molecular weight excluding hydrogens is 323 g/mol. The fraction of sp³-hybridized carbons (Fsp3) is 0.188. The number of benzene rings is 2. The molecule has 0 aliphatic rings. The highest BCUT2D eigenvalue weighted by atomic mass is 35.5. The molecular formula is C16H16Cl2N2O2. The summed E-state index contributed by atoms with van der Waals surface area (Å²) in [6.45, 7) is 3.91. The largest absolute Gasteiger partial charge is 0.491 e. The van der Waals surface area contributed by atoms with Gasteiger partial charge in [-0.05, 0) is 56.3 Å². The van der Waals surface area contributed by atoms with Crippen LogP contribution in [-0.2, 0) is 0 Å². The molecule has 0 aliphatic heterocycles. The lowest BCUT2D eigenvalue weighted by Crippen LogP contribution is -2.19. The molecule has 116 valence electrons. The number of nitrogens with one attached hydrogen (secondary N) is 2. The zero-order valence-electron chi connectivity index (χ0n) is 12.2. The van der Waals surface area contributed by atoms with Crippen LogP contribution in [0.1, 0.15) is 13.8 Å². The molecule has 0 aliphatic carbocycles. The maximum absolute atomic E-state index is 11.9. The topological polar surface area (TPSA) is 50.4 Å². The van der Waals surface area contributed by atoms with Crippen molar-refractivity contribution in [3.05, 3.63) is 52.5 Å². The summed E-state index contributed by atoms with van der Waals surface area (Å²) >= 11 is 11.8. The van der Waals surface area contributed by atoms with Gasteiger partial charge in [0.05, 0.1) is 6.10 Å². The molecule has 0 atom stereocenters. The van der Waals surface area contributed by atoms with Gasteiger partial charge in [0, 0.05) is 21.4 Å². The molecule has 2 aromatic carbocycles. The third-order valence-electron chi connectivity index (χ3n) is 2.60. The van der Waals surface area contributed by atoms with Crippen molar-refractivity contribution in [1.29, 1.82) is 0 Å². The lowest BCUT2D eigenvalue weighted by atomic mass is 10.3. The first kappa shape index (κ1) is 16.5. The SMILES string of the molecule is CC(C)Oc1ccc(NC(=O)Nc2cc(Cl)cc(Cl)c2)cc1. The number of hydrogen-bond donors (Lipinski definition) is 2. The van der Waals surface area contributed by atoms with Gasteiger partial charge in [0.25, 0.3) is 0 Å². The van der Waals surface area contributed by atoms with E-state index in [1.807, 2.05) is 13.8 Å². The first-order valence-corrected chi connectivity index (χ1v) is 7.49. The Balaban J connectivity index is 1.96. The van der Waals surface area contributed by atoms with E-state index >= 15 is 0 Å². The number of amides is 2. The van der Waals surface area contributed by atoms with E-state index in [2.05, 4.69) is 10.6 Å². The summed E-state index contributed by atoms with van der Waals surface area (Å²) in [5.41, 5.74) is 1.18. The molecule has 2 aromatic rings. The van der Waals surface area contributed by atoms with Gasteiger partial charge in [0.2, 0.25) is 0 Å². The van der Waals surface area contributed by atoms with Crippen LogP contribution in [0.3, 0.4) is 0 Å². The summed E-state index contributed by atoms with van der Waals surface area (Å²) < 4.78 is 5.54. The molecule has 6 heteroatoms. The predicted molar refractivity (Wildman–Crippen MR) is 91.3 cm³/mol. The molecule has 2 rings (SSSR count). The van der Waals surface area contributed by atoms with E-state index in [-0.39, 0.29) is 12.1 Å². The second kappa shape index (κ2) is 7.38. The fourth-order valence-corrected chi connectivity index (χ4v) is 2.33. The lowest BCUT2D eigenvalue weighted by Gasteiger charge is -2.11. The van der Waals surface area contributed by atoms with Crippen LogP contribution in [0.2, 0.25) is 10.0 Å². The number of rotatable bonds is 4. The monoisotopic (exact) mass is 338 g/mol. The Morgan fingerprint density at radius 2 is 1.50 bits per heavy atom. The van der Waals surface area contributed by atoms with Crippen LogP contribution < -0.4 is 15.4 Å². The van der Waals surface area contributed by atoms with E-state index in [4.69, 9.17) is 27.9 Å². The molecule has 22 heavy (non-hydrogen) atoms. The van der Waals surface area contributed by atoms with E-state index in [0.29, 0.717) is 21.4 Å². The van der Waals surface area contributed by atoms with Crippen LogP contribution in [0.15, 0.2) is 42.5 Å². The van der Waals surface area contributed by atoms with E-state index in [1.54, 1.807) is 42.5 Å². The second-order valence-electron chi connectivity index (χ2n) is 4.93. The summed E-state index contributed by atoms with van der Waals surface area (Å²) in [5, 5.41) is 6.30. The van der Waals surface area contributed by atoms with Gasteiger partial charge >= 0.3 is 6.03 Å². The van der Waals surface area contributed by atoms with E-state index in [1.165, 1.54) is 0 Å². The molecule has 4 nitrogen and oxygen atoms in total. The zero-order valence-corrected chi connectivity index (χ0v) is 13.7. The molecule has 2 amide bonds. The molecule has 0 radical (unpaired) electrons. The van der Waals surface area contributed by atoms with Gasteiger partial charge in [-0.3, -0.25) is 0 Å². The first-order chi connectivity index (χ1) is 10.4. The van der Waals surface area contributed by atoms with Gasteiger partial charge < -0.3 is 15.4 Å². The minimum Gasteiger partial charge on any atom is -0.491 e. The van der Waals surface area contributed by atoms with Crippen molar-refractivity contribution in [2.24, 2.45) is 0 Å². The van der Waals surface area contributed by atoms with Crippen molar-refractivity contribution in [2.75, 3.05) is 10.6 Å². The highest BCUT2D eigenvalue weighted by Crippen LogP contribution is 2.23. The number of hydrogen-bond acceptors (Lipinski definition) is 2. The molecule has 0 unspecified atom stereocenters. The van der Waals surface area contributed by atoms with E-state index in [9.17, 15) is 4.79 Å².